The van der Waals surface area contributed by atoms with Crippen molar-refractivity contribution in [1.29, 1.82) is 0 Å². The lowest BCUT2D eigenvalue weighted by Gasteiger charge is -2.30. The summed E-state index contributed by atoms with van der Waals surface area (Å²) in [5.74, 6) is 0.514. The van der Waals surface area contributed by atoms with Crippen LogP contribution in [0.1, 0.15) is 65.4 Å². The van der Waals surface area contributed by atoms with E-state index in [0.717, 1.165) is 43.7 Å². The monoisotopic (exact) mass is 504 g/mol. The number of amides is 3. The highest BCUT2D eigenvalue weighted by atomic mass is 35.5. The molecule has 0 saturated carbocycles. The minimum Gasteiger partial charge on any atom is -0.342 e. The van der Waals surface area contributed by atoms with Gasteiger partial charge >= 0.3 is 0 Å². The second-order valence-electron chi connectivity index (χ2n) is 10.4. The summed E-state index contributed by atoms with van der Waals surface area (Å²) >= 11 is 6.39. The van der Waals surface area contributed by atoms with Crippen LogP contribution in [0.2, 0.25) is 5.02 Å². The van der Waals surface area contributed by atoms with Gasteiger partial charge in [-0.15, -0.1) is 0 Å². The van der Waals surface area contributed by atoms with Crippen LogP contribution < -0.4 is 4.90 Å². The van der Waals surface area contributed by atoms with Crippen molar-refractivity contribution in [3.8, 4) is 0 Å². The summed E-state index contributed by atoms with van der Waals surface area (Å²) < 4.78 is 0. The van der Waals surface area contributed by atoms with Gasteiger partial charge < -0.3 is 14.7 Å². The van der Waals surface area contributed by atoms with Crippen molar-refractivity contribution in [2.75, 3.05) is 44.2 Å². The molecular formula is C27H41ClN4O3. The average Bonchev–Trinajstić information content (AvgIpc) is 3.19. The molecule has 0 radical (unpaired) electrons. The number of hydrogen-bond donors (Lipinski definition) is 0. The number of carbonyl (C=O) groups excluding carboxylic acids is 3. The molecule has 2 heterocycles. The number of rotatable bonds is 6. The molecule has 0 aromatic heterocycles. The van der Waals surface area contributed by atoms with Crippen molar-refractivity contribution in [3.63, 3.8) is 0 Å². The molecule has 8 heteroatoms. The van der Waals surface area contributed by atoms with E-state index in [1.807, 2.05) is 28.0 Å². The average molecular weight is 505 g/mol. The Hall–Kier alpha value is -2.12. The molecule has 0 aliphatic carbocycles. The maximum atomic E-state index is 13.4. The van der Waals surface area contributed by atoms with Crippen LogP contribution in [0.3, 0.4) is 0 Å². The molecule has 1 saturated heterocycles. The second kappa shape index (κ2) is 12.7. The van der Waals surface area contributed by atoms with Gasteiger partial charge in [0.05, 0.1) is 5.69 Å². The number of halogens is 1. The van der Waals surface area contributed by atoms with Crippen LogP contribution in [0.5, 0.6) is 0 Å². The minimum absolute atomic E-state index is 0.0358. The van der Waals surface area contributed by atoms with Gasteiger partial charge in [-0.3, -0.25) is 19.3 Å². The molecule has 0 atom stereocenters. The molecule has 1 fully saturated rings. The fraction of sp³-hybridized carbons (Fsp3) is 0.667. The van der Waals surface area contributed by atoms with Crippen LogP contribution >= 0.6 is 11.6 Å². The summed E-state index contributed by atoms with van der Waals surface area (Å²) in [6.45, 7) is 12.9. The second-order valence-corrected chi connectivity index (χ2v) is 10.9. The standard InChI is InChI=1S/C27H41ClN4O3/c1-20(2)17-27(35)32-13-6-12-29(21(3)4)15-16-31(19-22-8-9-23(28)18-24(22)32)26(34)10-14-30-11-5-7-25(30)33/h8-9,18,20-21H,5-7,10-17,19H2,1-4H3. The molecule has 0 spiro atoms. The highest BCUT2D eigenvalue weighted by molar-refractivity contribution is 6.31. The quantitative estimate of drug-likeness (QED) is 0.583. The molecule has 1 aromatic carbocycles. The van der Waals surface area contributed by atoms with E-state index in [9.17, 15) is 14.4 Å². The van der Waals surface area contributed by atoms with Crippen LogP contribution in [0, 0.1) is 5.92 Å². The van der Waals surface area contributed by atoms with Crippen LogP contribution in [0.25, 0.3) is 0 Å². The zero-order chi connectivity index (χ0) is 25.5. The molecule has 194 valence electrons. The van der Waals surface area contributed by atoms with Crippen molar-refractivity contribution in [2.45, 2.75) is 72.4 Å². The van der Waals surface area contributed by atoms with Gasteiger partial charge in [-0.1, -0.05) is 31.5 Å². The maximum Gasteiger partial charge on any atom is 0.227 e. The number of hydrogen-bond acceptors (Lipinski definition) is 4. The SMILES string of the molecule is CC(C)CC(=O)N1CCCN(C(C)C)CCN(C(=O)CCN2CCCC2=O)Cc2ccc(Cl)cc21. The Balaban J connectivity index is 1.89. The smallest absolute Gasteiger partial charge is 0.227 e. The van der Waals surface area contributed by atoms with Crippen molar-refractivity contribution in [1.82, 2.24) is 14.7 Å². The highest BCUT2D eigenvalue weighted by Crippen LogP contribution is 2.29. The van der Waals surface area contributed by atoms with Crippen LogP contribution in [0.15, 0.2) is 18.2 Å². The van der Waals surface area contributed by atoms with Gasteiger partial charge in [0.15, 0.2) is 0 Å². The summed E-state index contributed by atoms with van der Waals surface area (Å²) in [7, 11) is 0. The van der Waals surface area contributed by atoms with Gasteiger partial charge in [0.2, 0.25) is 17.7 Å². The molecule has 35 heavy (non-hydrogen) atoms. The third kappa shape index (κ3) is 7.68. The van der Waals surface area contributed by atoms with E-state index in [1.165, 1.54) is 0 Å². The van der Waals surface area contributed by atoms with Gasteiger partial charge in [-0.2, -0.15) is 0 Å². The lowest BCUT2D eigenvalue weighted by atomic mass is 10.1. The fourth-order valence-corrected chi connectivity index (χ4v) is 5.06. The zero-order valence-electron chi connectivity index (χ0n) is 21.8. The van der Waals surface area contributed by atoms with Gasteiger partial charge in [-0.25, -0.2) is 0 Å². The molecule has 0 N–H and O–H groups in total. The van der Waals surface area contributed by atoms with Crippen molar-refractivity contribution in [2.24, 2.45) is 5.92 Å². The maximum absolute atomic E-state index is 13.4. The normalized spacial score (nSPS) is 18.3. The number of carbonyl (C=O) groups is 3. The molecular weight excluding hydrogens is 464 g/mol. The Morgan fingerprint density at radius 1 is 0.971 bits per heavy atom. The lowest BCUT2D eigenvalue weighted by Crippen LogP contribution is -2.42. The van der Waals surface area contributed by atoms with Gasteiger partial charge in [0.1, 0.15) is 0 Å². The van der Waals surface area contributed by atoms with Crippen molar-refractivity contribution >= 4 is 35.0 Å². The fourth-order valence-electron chi connectivity index (χ4n) is 4.90. The third-order valence-electron chi connectivity index (χ3n) is 6.92. The van der Waals surface area contributed by atoms with Crippen molar-refractivity contribution < 1.29 is 14.4 Å². The number of anilines is 1. The van der Waals surface area contributed by atoms with E-state index >= 15 is 0 Å². The van der Waals surface area contributed by atoms with E-state index in [-0.39, 0.29) is 23.6 Å². The van der Waals surface area contributed by atoms with E-state index in [2.05, 4.69) is 32.6 Å². The van der Waals surface area contributed by atoms with Crippen molar-refractivity contribution in [3.05, 3.63) is 28.8 Å². The van der Waals surface area contributed by atoms with Gasteiger partial charge in [0, 0.05) is 76.1 Å². The molecule has 0 bridgehead atoms. The molecule has 0 unspecified atom stereocenters. The molecule has 1 aromatic rings. The molecule has 3 amide bonds. The zero-order valence-corrected chi connectivity index (χ0v) is 22.5. The van der Waals surface area contributed by atoms with E-state index in [0.29, 0.717) is 56.5 Å². The van der Waals surface area contributed by atoms with Crippen LogP contribution in [-0.2, 0) is 20.9 Å². The molecule has 7 nitrogen and oxygen atoms in total. The first-order valence-corrected chi connectivity index (χ1v) is 13.4. The molecule has 2 aliphatic heterocycles. The number of likely N-dealkylation sites (tertiary alicyclic amines) is 1. The minimum atomic E-state index is 0.0358. The summed E-state index contributed by atoms with van der Waals surface area (Å²) in [5, 5.41) is 0.579. The Labute approximate surface area is 215 Å². The third-order valence-corrected chi connectivity index (χ3v) is 7.15. The predicted molar refractivity (Wildman–Crippen MR) is 140 cm³/mol. The summed E-state index contributed by atoms with van der Waals surface area (Å²) in [6.07, 6.45) is 3.07. The largest absolute Gasteiger partial charge is 0.342 e. The Bertz CT molecular complexity index is 904. The first-order chi connectivity index (χ1) is 16.7. The Morgan fingerprint density at radius 3 is 2.40 bits per heavy atom. The van der Waals surface area contributed by atoms with Gasteiger partial charge in [0.25, 0.3) is 0 Å². The van der Waals surface area contributed by atoms with Crippen LogP contribution in [-0.4, -0.2) is 77.7 Å². The molecule has 2 aliphatic rings. The number of nitrogens with zero attached hydrogens (tertiary/aromatic N) is 4. The Kier molecular flexibility index (Phi) is 9.99. The first kappa shape index (κ1) is 27.5. The summed E-state index contributed by atoms with van der Waals surface area (Å²) in [6, 6.07) is 5.97. The Morgan fingerprint density at radius 2 is 1.74 bits per heavy atom. The van der Waals surface area contributed by atoms with E-state index < -0.39 is 0 Å². The topological polar surface area (TPSA) is 64.2 Å². The van der Waals surface area contributed by atoms with Crippen LogP contribution in [0.4, 0.5) is 5.69 Å². The van der Waals surface area contributed by atoms with E-state index in [1.54, 1.807) is 4.90 Å². The summed E-state index contributed by atoms with van der Waals surface area (Å²) in [5.41, 5.74) is 1.73. The lowest BCUT2D eigenvalue weighted by molar-refractivity contribution is -0.133. The number of benzene rings is 1. The number of fused-ring (bicyclic) bond motifs is 1. The first-order valence-electron chi connectivity index (χ1n) is 13.0. The highest BCUT2D eigenvalue weighted by Gasteiger charge is 2.26. The van der Waals surface area contributed by atoms with E-state index in [4.69, 9.17) is 11.6 Å². The summed E-state index contributed by atoms with van der Waals surface area (Å²) in [4.78, 5) is 46.6. The molecule has 3 rings (SSSR count). The van der Waals surface area contributed by atoms with Gasteiger partial charge in [-0.05, 0) is 50.3 Å². The predicted octanol–water partition coefficient (Wildman–Crippen LogP) is 4.17.